The average Bonchev–Trinajstić information content (AvgIpc) is 2.76. The Balaban J connectivity index is 2.35. The molecule has 0 saturated carbocycles. The van der Waals surface area contributed by atoms with Gasteiger partial charge in [0.05, 0.1) is 18.7 Å². The molecule has 96 valence electrons. The summed E-state index contributed by atoms with van der Waals surface area (Å²) < 4.78 is 1.43. The maximum Gasteiger partial charge on any atom is 0.328 e. The van der Waals surface area contributed by atoms with Gasteiger partial charge in [-0.15, -0.1) is 0 Å². The van der Waals surface area contributed by atoms with Crippen LogP contribution in [-0.2, 0) is 0 Å². The van der Waals surface area contributed by atoms with Gasteiger partial charge in [0.15, 0.2) is 6.19 Å². The third kappa shape index (κ3) is 2.02. The second kappa shape index (κ2) is 4.66. The number of likely N-dealkylation sites (tertiary alicyclic amines) is 1. The van der Waals surface area contributed by atoms with Crippen molar-refractivity contribution in [2.45, 2.75) is 25.4 Å². The molecular formula is C11H14N4O3. The first-order valence-corrected chi connectivity index (χ1v) is 5.66. The summed E-state index contributed by atoms with van der Waals surface area (Å²) in [6, 6.07) is -0.469. The van der Waals surface area contributed by atoms with E-state index >= 15 is 0 Å². The minimum absolute atomic E-state index is 0.124. The van der Waals surface area contributed by atoms with Crippen LogP contribution >= 0.6 is 0 Å². The summed E-state index contributed by atoms with van der Waals surface area (Å²) in [5.74, 6) is 0. The van der Waals surface area contributed by atoms with E-state index in [1.54, 1.807) is 6.92 Å². The number of aliphatic hydroxyl groups excluding tert-OH is 1. The lowest BCUT2D eigenvalue weighted by molar-refractivity contribution is 0.201. The van der Waals surface area contributed by atoms with Crippen LogP contribution in [0.4, 0.5) is 0 Å². The Morgan fingerprint density at radius 3 is 2.89 bits per heavy atom. The van der Waals surface area contributed by atoms with Gasteiger partial charge >= 0.3 is 5.69 Å². The Hall–Kier alpha value is -2.07. The summed E-state index contributed by atoms with van der Waals surface area (Å²) >= 11 is 0. The molecule has 2 rings (SSSR count). The lowest BCUT2D eigenvalue weighted by Crippen LogP contribution is -2.34. The lowest BCUT2D eigenvalue weighted by Gasteiger charge is -2.14. The average molecular weight is 250 g/mol. The number of aromatic nitrogens is 2. The molecule has 1 aliphatic rings. The molecule has 7 heteroatoms. The highest BCUT2D eigenvalue weighted by Gasteiger charge is 2.32. The van der Waals surface area contributed by atoms with Crippen LogP contribution in [0.5, 0.6) is 0 Å². The van der Waals surface area contributed by atoms with Crippen LogP contribution in [0.3, 0.4) is 0 Å². The molecular weight excluding hydrogens is 236 g/mol. The number of rotatable bonds is 2. The number of aryl methyl sites for hydroxylation is 1. The zero-order chi connectivity index (χ0) is 13.3. The zero-order valence-corrected chi connectivity index (χ0v) is 9.96. The molecule has 7 nitrogen and oxygen atoms in total. The molecule has 0 aromatic carbocycles. The largest absolute Gasteiger partial charge is 0.394 e. The van der Waals surface area contributed by atoms with E-state index in [1.165, 1.54) is 15.7 Å². The van der Waals surface area contributed by atoms with Crippen LogP contribution in [0, 0.1) is 18.4 Å². The van der Waals surface area contributed by atoms with Gasteiger partial charge in [-0.3, -0.25) is 14.3 Å². The first kappa shape index (κ1) is 12.4. The number of H-pyrrole nitrogens is 1. The number of aromatic amines is 1. The summed E-state index contributed by atoms with van der Waals surface area (Å²) in [4.78, 5) is 26.7. The Labute approximate surface area is 103 Å². The van der Waals surface area contributed by atoms with E-state index in [4.69, 9.17) is 10.4 Å². The lowest BCUT2D eigenvalue weighted by atomic mass is 10.2. The Morgan fingerprint density at radius 1 is 1.61 bits per heavy atom. The van der Waals surface area contributed by atoms with Crippen LogP contribution in [0.2, 0.25) is 0 Å². The molecule has 2 heterocycles. The Kier molecular flexibility index (Phi) is 3.21. The van der Waals surface area contributed by atoms with Gasteiger partial charge < -0.3 is 10.0 Å². The van der Waals surface area contributed by atoms with Crippen molar-refractivity contribution in [1.29, 1.82) is 5.26 Å². The monoisotopic (exact) mass is 250 g/mol. The number of nitrogens with one attached hydrogen (secondary N) is 1. The predicted molar refractivity (Wildman–Crippen MR) is 62.9 cm³/mol. The highest BCUT2D eigenvalue weighted by molar-refractivity contribution is 5.04. The molecule has 2 unspecified atom stereocenters. The van der Waals surface area contributed by atoms with Gasteiger partial charge in [-0.1, -0.05) is 0 Å². The fourth-order valence-electron chi connectivity index (χ4n) is 2.25. The van der Waals surface area contributed by atoms with Crippen LogP contribution in [0.15, 0.2) is 15.8 Å². The molecule has 0 aliphatic carbocycles. The first-order valence-electron chi connectivity index (χ1n) is 5.66. The van der Waals surface area contributed by atoms with Crippen LogP contribution in [0.25, 0.3) is 0 Å². The quantitative estimate of drug-likeness (QED) is 0.651. The van der Waals surface area contributed by atoms with Crippen molar-refractivity contribution < 1.29 is 5.11 Å². The van der Waals surface area contributed by atoms with Crippen LogP contribution in [0.1, 0.15) is 18.0 Å². The van der Waals surface area contributed by atoms with Crippen molar-refractivity contribution in [2.24, 2.45) is 0 Å². The molecule has 1 fully saturated rings. The fraction of sp³-hybridized carbons (Fsp3) is 0.545. The first-order chi connectivity index (χ1) is 8.56. The second-order valence-corrected chi connectivity index (χ2v) is 4.46. The van der Waals surface area contributed by atoms with E-state index in [0.29, 0.717) is 18.5 Å². The van der Waals surface area contributed by atoms with Crippen LogP contribution in [-0.4, -0.2) is 38.8 Å². The number of hydrogen-bond acceptors (Lipinski definition) is 5. The van der Waals surface area contributed by atoms with Crippen molar-refractivity contribution in [3.05, 3.63) is 32.6 Å². The normalized spacial score (nSPS) is 23.1. The molecule has 0 amide bonds. The molecule has 1 saturated heterocycles. The molecule has 2 atom stereocenters. The minimum Gasteiger partial charge on any atom is -0.394 e. The molecule has 18 heavy (non-hydrogen) atoms. The topological polar surface area (TPSA) is 102 Å². The van der Waals surface area contributed by atoms with E-state index in [2.05, 4.69) is 4.98 Å². The van der Waals surface area contributed by atoms with Gasteiger partial charge in [0.2, 0.25) is 0 Å². The third-order valence-corrected chi connectivity index (χ3v) is 3.27. The Bertz CT molecular complexity index is 598. The maximum atomic E-state index is 11.7. The van der Waals surface area contributed by atoms with Gasteiger partial charge in [0.1, 0.15) is 0 Å². The van der Waals surface area contributed by atoms with Crippen molar-refractivity contribution in [1.82, 2.24) is 14.5 Å². The molecule has 0 spiro atoms. The van der Waals surface area contributed by atoms with Crippen LogP contribution < -0.4 is 11.2 Å². The predicted octanol–water partition coefficient (Wildman–Crippen LogP) is -1.07. The molecule has 1 aromatic rings. The third-order valence-electron chi connectivity index (χ3n) is 3.27. The van der Waals surface area contributed by atoms with E-state index < -0.39 is 11.2 Å². The van der Waals surface area contributed by atoms with E-state index in [-0.39, 0.29) is 18.7 Å². The fourth-order valence-corrected chi connectivity index (χ4v) is 2.25. The summed E-state index contributed by atoms with van der Waals surface area (Å²) in [5, 5.41) is 18.1. The van der Waals surface area contributed by atoms with Crippen molar-refractivity contribution >= 4 is 0 Å². The zero-order valence-electron chi connectivity index (χ0n) is 9.96. The standard InChI is InChI=1S/C11H14N4O3/c1-7-3-15(11(18)13-10(7)17)8-2-9(5-16)14(4-8)6-12/h3,8-9,16H,2,4-5H2,1H3,(H,13,17,18). The van der Waals surface area contributed by atoms with E-state index in [9.17, 15) is 9.59 Å². The van der Waals surface area contributed by atoms with Gasteiger partial charge in [-0.25, -0.2) is 4.79 Å². The maximum absolute atomic E-state index is 11.7. The Morgan fingerprint density at radius 2 is 2.33 bits per heavy atom. The smallest absolute Gasteiger partial charge is 0.328 e. The van der Waals surface area contributed by atoms with Gasteiger partial charge in [0, 0.05) is 18.3 Å². The summed E-state index contributed by atoms with van der Waals surface area (Å²) in [6.07, 6.45) is 4.01. The van der Waals surface area contributed by atoms with Gasteiger partial charge in [-0.2, -0.15) is 5.26 Å². The summed E-state index contributed by atoms with van der Waals surface area (Å²) in [5.41, 5.74) is -0.428. The molecule has 0 bridgehead atoms. The summed E-state index contributed by atoms with van der Waals surface area (Å²) in [6.45, 7) is 1.86. The molecule has 1 aliphatic heterocycles. The van der Waals surface area contributed by atoms with Crippen molar-refractivity contribution in [3.63, 3.8) is 0 Å². The molecule has 2 N–H and O–H groups in total. The number of aliphatic hydroxyl groups is 1. The van der Waals surface area contributed by atoms with Gasteiger partial charge in [-0.05, 0) is 13.3 Å². The summed E-state index contributed by atoms with van der Waals surface area (Å²) in [7, 11) is 0. The number of nitriles is 1. The number of nitrogens with zero attached hydrogens (tertiary/aromatic N) is 3. The molecule has 0 radical (unpaired) electrons. The van der Waals surface area contributed by atoms with Gasteiger partial charge in [0.25, 0.3) is 5.56 Å². The number of hydrogen-bond donors (Lipinski definition) is 2. The highest BCUT2D eigenvalue weighted by Crippen LogP contribution is 2.25. The van der Waals surface area contributed by atoms with E-state index in [1.807, 2.05) is 6.19 Å². The SMILES string of the molecule is Cc1cn(C2CC(CO)N(C#N)C2)c(=O)[nH]c1=O. The van der Waals surface area contributed by atoms with Crippen molar-refractivity contribution in [3.8, 4) is 6.19 Å². The van der Waals surface area contributed by atoms with Crippen molar-refractivity contribution in [2.75, 3.05) is 13.2 Å². The molecule has 1 aromatic heterocycles. The second-order valence-electron chi connectivity index (χ2n) is 4.46. The minimum atomic E-state index is -0.480. The van der Waals surface area contributed by atoms with E-state index in [0.717, 1.165) is 0 Å². The highest BCUT2D eigenvalue weighted by atomic mass is 16.3.